The van der Waals surface area contributed by atoms with Gasteiger partial charge in [0.25, 0.3) is 0 Å². The van der Waals surface area contributed by atoms with Gasteiger partial charge >= 0.3 is 5.97 Å². The molecule has 0 aliphatic carbocycles. The van der Waals surface area contributed by atoms with Crippen LogP contribution in [0.3, 0.4) is 0 Å². The summed E-state index contributed by atoms with van der Waals surface area (Å²) in [4.78, 5) is 11.6. The van der Waals surface area contributed by atoms with Crippen LogP contribution >= 0.6 is 7.44 Å². The molecule has 0 saturated carbocycles. The average Bonchev–Trinajstić information content (AvgIpc) is 2.37. The Kier molecular flexibility index (Phi) is 5.29. The van der Waals surface area contributed by atoms with Gasteiger partial charge in [-0.3, -0.25) is 4.57 Å². The van der Waals surface area contributed by atoms with Gasteiger partial charge in [0.05, 0.1) is 12.2 Å². The monoisotopic (exact) mass is 284 g/mol. The van der Waals surface area contributed by atoms with Crippen LogP contribution in [0.4, 0.5) is 0 Å². The molecule has 6 heteroatoms. The molecular formula is C13H21N2O3P. The Labute approximate surface area is 114 Å². The first-order valence-corrected chi connectivity index (χ1v) is 7.68. The van der Waals surface area contributed by atoms with Gasteiger partial charge in [0.15, 0.2) is 0 Å². The Morgan fingerprint density at radius 2 is 1.58 bits per heavy atom. The van der Waals surface area contributed by atoms with Crippen molar-refractivity contribution in [3.63, 3.8) is 0 Å². The van der Waals surface area contributed by atoms with Crippen LogP contribution in [-0.4, -0.2) is 50.1 Å². The molecule has 106 valence electrons. The third kappa shape index (κ3) is 3.24. The summed E-state index contributed by atoms with van der Waals surface area (Å²) >= 11 is 0. The Balaban J connectivity index is 3.10. The second kappa shape index (κ2) is 6.33. The number of nitrogens with zero attached hydrogens (tertiary/aromatic N) is 2. The van der Waals surface area contributed by atoms with E-state index in [9.17, 15) is 9.36 Å². The normalized spacial score (nSPS) is 11.9. The standard InChI is InChI=1S/C13H21N2O3P/c1-6-18-13(16)11-7-9-12(10-8-11)19(17,14(2)3)15(4)5/h7-10H,6H2,1-5H3. The minimum Gasteiger partial charge on any atom is -0.462 e. The molecule has 0 radical (unpaired) electrons. The van der Waals surface area contributed by atoms with Crippen molar-refractivity contribution in [2.24, 2.45) is 0 Å². The van der Waals surface area contributed by atoms with Crippen LogP contribution in [0.25, 0.3) is 0 Å². The number of ether oxygens (including phenoxy) is 1. The van der Waals surface area contributed by atoms with E-state index in [-0.39, 0.29) is 5.97 Å². The molecule has 0 atom stereocenters. The first-order valence-electron chi connectivity index (χ1n) is 6.07. The summed E-state index contributed by atoms with van der Waals surface area (Å²) in [7, 11) is 4.34. The zero-order valence-corrected chi connectivity index (χ0v) is 13.0. The number of benzene rings is 1. The fourth-order valence-corrected chi connectivity index (χ4v) is 4.00. The maximum absolute atomic E-state index is 13.0. The van der Waals surface area contributed by atoms with Crippen molar-refractivity contribution in [3.8, 4) is 0 Å². The zero-order chi connectivity index (χ0) is 14.6. The van der Waals surface area contributed by atoms with E-state index in [1.165, 1.54) is 0 Å². The number of rotatable bonds is 5. The minimum atomic E-state index is -2.77. The molecule has 1 aromatic carbocycles. The van der Waals surface area contributed by atoms with Crippen LogP contribution in [0.15, 0.2) is 24.3 Å². The average molecular weight is 284 g/mol. The van der Waals surface area contributed by atoms with Crippen LogP contribution in [0.1, 0.15) is 17.3 Å². The quantitative estimate of drug-likeness (QED) is 0.609. The molecule has 0 saturated heterocycles. The first-order chi connectivity index (χ1) is 8.83. The fraction of sp³-hybridized carbons (Fsp3) is 0.462. The lowest BCUT2D eigenvalue weighted by molar-refractivity contribution is 0.0526. The molecule has 0 amide bonds. The maximum Gasteiger partial charge on any atom is 0.338 e. The SMILES string of the molecule is CCOC(=O)c1ccc(P(=O)(N(C)C)N(C)C)cc1. The molecule has 0 spiro atoms. The lowest BCUT2D eigenvalue weighted by atomic mass is 10.2. The highest BCUT2D eigenvalue weighted by Gasteiger charge is 2.30. The Hall–Kier alpha value is -1.16. The van der Waals surface area contributed by atoms with Crippen molar-refractivity contribution in [1.82, 2.24) is 9.34 Å². The second-order valence-corrected chi connectivity index (χ2v) is 7.71. The molecule has 0 aliphatic heterocycles. The van der Waals surface area contributed by atoms with E-state index >= 15 is 0 Å². The summed E-state index contributed by atoms with van der Waals surface area (Å²) in [6.45, 7) is 2.10. The van der Waals surface area contributed by atoms with Gasteiger partial charge in [-0.15, -0.1) is 0 Å². The van der Waals surface area contributed by atoms with Gasteiger partial charge < -0.3 is 4.74 Å². The summed E-state index contributed by atoms with van der Waals surface area (Å²) in [6.07, 6.45) is 0. The topological polar surface area (TPSA) is 49.9 Å². The maximum atomic E-state index is 13.0. The second-order valence-electron chi connectivity index (χ2n) is 4.51. The van der Waals surface area contributed by atoms with Crippen LogP contribution in [0.2, 0.25) is 0 Å². The number of carbonyl (C=O) groups is 1. The Bertz CT molecular complexity index is 471. The highest BCUT2D eigenvalue weighted by Crippen LogP contribution is 2.47. The molecule has 1 aromatic rings. The molecule has 0 heterocycles. The number of hydrogen-bond donors (Lipinski definition) is 0. The summed E-state index contributed by atoms with van der Waals surface area (Å²) in [5.74, 6) is -0.362. The molecule has 1 rings (SSSR count). The molecule has 0 aromatic heterocycles. The van der Waals surface area contributed by atoms with Crippen molar-refractivity contribution in [2.75, 3.05) is 34.8 Å². The van der Waals surface area contributed by atoms with E-state index in [2.05, 4.69) is 0 Å². The summed E-state index contributed by atoms with van der Waals surface area (Å²) < 4.78 is 21.3. The van der Waals surface area contributed by atoms with Gasteiger partial charge in [-0.1, -0.05) is 0 Å². The Morgan fingerprint density at radius 3 is 1.95 bits per heavy atom. The van der Waals surface area contributed by atoms with Gasteiger partial charge in [-0.05, 0) is 59.4 Å². The third-order valence-corrected chi connectivity index (χ3v) is 5.94. The minimum absolute atomic E-state index is 0.342. The zero-order valence-electron chi connectivity index (χ0n) is 12.1. The van der Waals surface area contributed by atoms with Crippen molar-refractivity contribution in [1.29, 1.82) is 0 Å². The van der Waals surface area contributed by atoms with Gasteiger partial charge in [0, 0.05) is 5.30 Å². The van der Waals surface area contributed by atoms with E-state index in [1.54, 1.807) is 68.7 Å². The highest BCUT2D eigenvalue weighted by molar-refractivity contribution is 7.67. The molecule has 0 bridgehead atoms. The molecular weight excluding hydrogens is 263 g/mol. The first kappa shape index (κ1) is 15.9. The molecule has 0 N–H and O–H groups in total. The van der Waals surface area contributed by atoms with E-state index in [4.69, 9.17) is 4.74 Å². The molecule has 5 nitrogen and oxygen atoms in total. The summed E-state index contributed by atoms with van der Waals surface area (Å²) in [5.41, 5.74) is 0.467. The smallest absolute Gasteiger partial charge is 0.338 e. The van der Waals surface area contributed by atoms with Gasteiger partial charge in [0.2, 0.25) is 7.44 Å². The van der Waals surface area contributed by atoms with E-state index in [1.807, 2.05) is 0 Å². The number of esters is 1. The van der Waals surface area contributed by atoms with Crippen molar-refractivity contribution >= 4 is 18.7 Å². The van der Waals surface area contributed by atoms with Crippen molar-refractivity contribution < 1.29 is 14.1 Å². The predicted molar refractivity (Wildman–Crippen MR) is 77.0 cm³/mol. The highest BCUT2D eigenvalue weighted by atomic mass is 31.2. The lowest BCUT2D eigenvalue weighted by Crippen LogP contribution is -2.28. The van der Waals surface area contributed by atoms with Crippen molar-refractivity contribution in [2.45, 2.75) is 6.92 Å². The Morgan fingerprint density at radius 1 is 1.11 bits per heavy atom. The molecule has 19 heavy (non-hydrogen) atoms. The van der Waals surface area contributed by atoms with Gasteiger partial charge in [0.1, 0.15) is 0 Å². The largest absolute Gasteiger partial charge is 0.462 e. The van der Waals surface area contributed by atoms with E-state index in [0.29, 0.717) is 17.5 Å². The molecule has 0 fully saturated rings. The molecule has 0 unspecified atom stereocenters. The fourth-order valence-electron chi connectivity index (χ4n) is 1.83. The van der Waals surface area contributed by atoms with Crippen LogP contribution in [0.5, 0.6) is 0 Å². The lowest BCUT2D eigenvalue weighted by Gasteiger charge is -2.30. The summed E-state index contributed by atoms with van der Waals surface area (Å²) in [5, 5.41) is 0.690. The number of hydrogen-bond acceptors (Lipinski definition) is 3. The van der Waals surface area contributed by atoms with Crippen molar-refractivity contribution in [3.05, 3.63) is 29.8 Å². The molecule has 0 aliphatic rings. The van der Waals surface area contributed by atoms with Gasteiger partial charge in [-0.25, -0.2) is 14.1 Å². The van der Waals surface area contributed by atoms with E-state index < -0.39 is 7.44 Å². The summed E-state index contributed by atoms with van der Waals surface area (Å²) in [6, 6.07) is 6.72. The predicted octanol–water partition coefficient (Wildman–Crippen LogP) is 1.80. The number of carbonyl (C=O) groups excluding carboxylic acids is 1. The van der Waals surface area contributed by atoms with E-state index in [0.717, 1.165) is 0 Å². The van der Waals surface area contributed by atoms with Crippen LogP contribution in [-0.2, 0) is 9.30 Å². The van der Waals surface area contributed by atoms with Gasteiger partial charge in [-0.2, -0.15) is 0 Å². The van der Waals surface area contributed by atoms with Crippen LogP contribution in [0, 0.1) is 0 Å². The third-order valence-electron chi connectivity index (χ3n) is 2.80. The van der Waals surface area contributed by atoms with Crippen LogP contribution < -0.4 is 5.30 Å².